The highest BCUT2D eigenvalue weighted by molar-refractivity contribution is 6.10. The molecule has 10 heteroatoms. The molecule has 0 bridgehead atoms. The van der Waals surface area contributed by atoms with Crippen molar-refractivity contribution >= 4 is 17.6 Å². The summed E-state index contributed by atoms with van der Waals surface area (Å²) < 4.78 is 5.80. The van der Waals surface area contributed by atoms with Crippen LogP contribution in [0, 0.1) is 16.7 Å². The number of carbonyl (C=O) groups excluding carboxylic acids is 2. The number of urea groups is 1. The van der Waals surface area contributed by atoms with E-state index in [9.17, 15) is 14.9 Å². The standard InChI is InChI=1S/C30H37N7O3/c1-4-40-26-23(6-5-11-32-26)30(24-14-21(15-31)7-8-25(24)33-27(30)38)34-28(39)37-18-29(19-37)16-36(17-29)22-9-12-35(13-10-22)20(2)3/h5-8,11,14,20,22H,4,9-10,12-13,16-19H2,1-3H3,(H,33,38)(H,34,39). The number of piperidine rings is 1. The van der Waals surface area contributed by atoms with E-state index in [-0.39, 0.29) is 17.3 Å². The van der Waals surface area contributed by atoms with Gasteiger partial charge in [-0.2, -0.15) is 5.26 Å². The maximum absolute atomic E-state index is 13.7. The molecule has 3 amide bonds. The molecule has 2 aromatic rings. The Balaban J connectivity index is 1.19. The first-order valence-electron chi connectivity index (χ1n) is 14.3. The Morgan fingerprint density at radius 2 is 1.95 bits per heavy atom. The molecule has 0 radical (unpaired) electrons. The maximum atomic E-state index is 13.7. The van der Waals surface area contributed by atoms with Crippen LogP contribution in [0.4, 0.5) is 10.5 Å². The number of ether oxygens (including phenoxy) is 1. The average Bonchev–Trinajstić information content (AvgIpc) is 3.18. The summed E-state index contributed by atoms with van der Waals surface area (Å²) in [5.74, 6) is -0.133. The minimum atomic E-state index is -1.57. The molecule has 1 aromatic heterocycles. The van der Waals surface area contributed by atoms with Gasteiger partial charge in [0.2, 0.25) is 5.88 Å². The van der Waals surface area contributed by atoms with Crippen molar-refractivity contribution < 1.29 is 14.3 Å². The fourth-order valence-electron chi connectivity index (χ4n) is 6.95. The van der Waals surface area contributed by atoms with E-state index in [1.54, 1.807) is 41.4 Å². The van der Waals surface area contributed by atoms with Crippen LogP contribution in [0.5, 0.6) is 5.88 Å². The summed E-state index contributed by atoms with van der Waals surface area (Å²) in [4.78, 5) is 38.8. The number of hydrogen-bond donors (Lipinski definition) is 2. The summed E-state index contributed by atoms with van der Waals surface area (Å²) in [6, 6.07) is 11.5. The van der Waals surface area contributed by atoms with E-state index in [0.717, 1.165) is 26.2 Å². The Morgan fingerprint density at radius 3 is 2.62 bits per heavy atom. The van der Waals surface area contributed by atoms with Gasteiger partial charge in [-0.1, -0.05) is 0 Å². The van der Waals surface area contributed by atoms with Gasteiger partial charge in [-0.25, -0.2) is 9.78 Å². The number of nitrogens with one attached hydrogen (secondary N) is 2. The van der Waals surface area contributed by atoms with Gasteiger partial charge in [0.15, 0.2) is 5.54 Å². The van der Waals surface area contributed by atoms with Gasteiger partial charge in [0.05, 0.1) is 23.8 Å². The Hall–Kier alpha value is -3.68. The van der Waals surface area contributed by atoms with Gasteiger partial charge in [0, 0.05) is 61.1 Å². The summed E-state index contributed by atoms with van der Waals surface area (Å²) in [5.41, 5.74) is 0.456. The zero-order valence-corrected chi connectivity index (χ0v) is 23.4. The lowest BCUT2D eigenvalue weighted by Crippen LogP contribution is -2.76. The van der Waals surface area contributed by atoms with Crippen LogP contribution in [0.3, 0.4) is 0 Å². The Kier molecular flexibility index (Phi) is 6.67. The zero-order chi connectivity index (χ0) is 28.1. The molecular weight excluding hydrogens is 506 g/mol. The summed E-state index contributed by atoms with van der Waals surface area (Å²) >= 11 is 0. The second kappa shape index (κ2) is 10.1. The number of anilines is 1. The van der Waals surface area contributed by atoms with Gasteiger partial charge in [-0.15, -0.1) is 0 Å². The number of rotatable bonds is 6. The van der Waals surface area contributed by atoms with E-state index in [1.807, 2.05) is 6.92 Å². The van der Waals surface area contributed by atoms with Crippen molar-refractivity contribution in [3.63, 3.8) is 0 Å². The van der Waals surface area contributed by atoms with Crippen molar-refractivity contribution in [2.45, 2.75) is 51.2 Å². The Morgan fingerprint density at radius 1 is 1.20 bits per heavy atom. The quantitative estimate of drug-likeness (QED) is 0.576. The molecule has 1 atom stereocenters. The van der Waals surface area contributed by atoms with E-state index < -0.39 is 11.4 Å². The number of pyridine rings is 1. The third-order valence-corrected chi connectivity index (χ3v) is 9.05. The largest absolute Gasteiger partial charge is 0.478 e. The first-order valence-corrected chi connectivity index (χ1v) is 14.3. The van der Waals surface area contributed by atoms with Crippen LogP contribution in [0.2, 0.25) is 0 Å². The minimum Gasteiger partial charge on any atom is -0.478 e. The second-order valence-electron chi connectivity index (χ2n) is 11.9. The SMILES string of the molecule is CCOc1ncccc1C1(NC(=O)N2CC3(C2)CN(C2CCN(C(C)C)CC2)C3)C(=O)Nc2ccc(C#N)cc21. The molecule has 1 unspecified atom stereocenters. The van der Waals surface area contributed by atoms with Gasteiger partial charge in [0.1, 0.15) is 0 Å². The summed E-state index contributed by atoms with van der Waals surface area (Å²) in [6.45, 7) is 12.4. The molecule has 1 spiro atoms. The van der Waals surface area contributed by atoms with Crippen LogP contribution in [0.15, 0.2) is 36.5 Å². The molecule has 4 aliphatic heterocycles. The summed E-state index contributed by atoms with van der Waals surface area (Å²) in [5, 5.41) is 15.6. The van der Waals surface area contributed by atoms with Crippen LogP contribution < -0.4 is 15.4 Å². The second-order valence-corrected chi connectivity index (χ2v) is 11.9. The number of benzene rings is 1. The number of nitriles is 1. The smallest absolute Gasteiger partial charge is 0.318 e. The summed E-state index contributed by atoms with van der Waals surface area (Å²) in [7, 11) is 0. The highest BCUT2D eigenvalue weighted by Crippen LogP contribution is 2.46. The molecule has 0 saturated carbocycles. The molecule has 2 N–H and O–H groups in total. The molecule has 0 aliphatic carbocycles. The van der Waals surface area contributed by atoms with Gasteiger partial charge in [-0.05, 0) is 77.0 Å². The van der Waals surface area contributed by atoms with Crippen LogP contribution in [-0.2, 0) is 10.3 Å². The molecule has 210 valence electrons. The van der Waals surface area contributed by atoms with Crippen molar-refractivity contribution in [2.75, 3.05) is 51.2 Å². The van der Waals surface area contributed by atoms with Crippen molar-refractivity contribution in [2.24, 2.45) is 5.41 Å². The van der Waals surface area contributed by atoms with Crippen molar-refractivity contribution in [3.05, 3.63) is 53.2 Å². The van der Waals surface area contributed by atoms with E-state index >= 15 is 0 Å². The molecule has 3 saturated heterocycles. The number of nitrogens with zero attached hydrogens (tertiary/aromatic N) is 5. The molecule has 1 aromatic carbocycles. The number of aromatic nitrogens is 1. The molecule has 6 rings (SSSR count). The van der Waals surface area contributed by atoms with Crippen LogP contribution in [0.25, 0.3) is 0 Å². The van der Waals surface area contributed by atoms with Crippen LogP contribution >= 0.6 is 0 Å². The highest BCUT2D eigenvalue weighted by Gasteiger charge is 2.57. The molecule has 3 fully saturated rings. The van der Waals surface area contributed by atoms with E-state index in [1.165, 1.54) is 12.8 Å². The molecular formula is C30H37N7O3. The fourth-order valence-corrected chi connectivity index (χ4v) is 6.95. The molecule has 10 nitrogen and oxygen atoms in total. The predicted octanol–water partition coefficient (Wildman–Crippen LogP) is 2.75. The fraction of sp³-hybridized carbons (Fsp3) is 0.533. The number of carbonyl (C=O) groups is 2. The lowest BCUT2D eigenvalue weighted by Gasteiger charge is -2.62. The van der Waals surface area contributed by atoms with E-state index in [0.29, 0.717) is 54.2 Å². The molecule has 5 heterocycles. The maximum Gasteiger partial charge on any atom is 0.318 e. The lowest BCUT2D eigenvalue weighted by molar-refractivity contribution is -0.124. The van der Waals surface area contributed by atoms with Gasteiger partial charge in [0.25, 0.3) is 5.91 Å². The third kappa shape index (κ3) is 4.28. The van der Waals surface area contributed by atoms with Crippen molar-refractivity contribution in [1.82, 2.24) is 25.0 Å². The lowest BCUT2D eigenvalue weighted by atomic mass is 9.71. The summed E-state index contributed by atoms with van der Waals surface area (Å²) in [6.07, 6.45) is 4.00. The van der Waals surface area contributed by atoms with Gasteiger partial charge in [-0.3, -0.25) is 9.69 Å². The van der Waals surface area contributed by atoms with E-state index in [2.05, 4.69) is 45.3 Å². The number of likely N-dealkylation sites (tertiary alicyclic amines) is 3. The minimum absolute atomic E-state index is 0.133. The topological polar surface area (TPSA) is 114 Å². The van der Waals surface area contributed by atoms with Crippen molar-refractivity contribution in [1.29, 1.82) is 5.26 Å². The van der Waals surface area contributed by atoms with E-state index in [4.69, 9.17) is 4.74 Å². The molecule has 40 heavy (non-hydrogen) atoms. The highest BCUT2D eigenvalue weighted by atomic mass is 16.5. The number of hydrogen-bond acceptors (Lipinski definition) is 7. The first kappa shape index (κ1) is 26.5. The third-order valence-electron chi connectivity index (χ3n) is 9.05. The number of fused-ring (bicyclic) bond motifs is 1. The van der Waals surface area contributed by atoms with Gasteiger partial charge >= 0.3 is 6.03 Å². The van der Waals surface area contributed by atoms with Crippen LogP contribution in [-0.4, -0.2) is 89.6 Å². The van der Waals surface area contributed by atoms with Gasteiger partial charge < -0.3 is 25.2 Å². The molecule has 4 aliphatic rings. The van der Waals surface area contributed by atoms with Crippen LogP contribution in [0.1, 0.15) is 50.3 Å². The zero-order valence-electron chi connectivity index (χ0n) is 23.4. The number of amides is 3. The normalized spacial score (nSPS) is 24.2. The predicted molar refractivity (Wildman–Crippen MR) is 150 cm³/mol. The Bertz CT molecular complexity index is 1350. The monoisotopic (exact) mass is 543 g/mol. The van der Waals surface area contributed by atoms with Crippen molar-refractivity contribution in [3.8, 4) is 11.9 Å². The average molecular weight is 544 g/mol. The Labute approximate surface area is 235 Å². The first-order chi connectivity index (χ1) is 19.3.